The summed E-state index contributed by atoms with van der Waals surface area (Å²) in [5.74, 6) is -0.497. The van der Waals surface area contributed by atoms with Gasteiger partial charge in [0.15, 0.2) is 0 Å². The third-order valence-electron chi connectivity index (χ3n) is 5.07. The molecule has 9 heteroatoms. The number of anilines is 2. The van der Waals surface area contributed by atoms with Crippen LogP contribution < -0.4 is 16.0 Å². The van der Waals surface area contributed by atoms with Gasteiger partial charge in [0.1, 0.15) is 0 Å². The van der Waals surface area contributed by atoms with Gasteiger partial charge in [-0.05, 0) is 59.1 Å². The summed E-state index contributed by atoms with van der Waals surface area (Å²) in [6.07, 6.45) is 0.756. The molecule has 3 rings (SSSR count). The fraction of sp³-hybridized carbons (Fsp3) is 0.261. The lowest BCUT2D eigenvalue weighted by molar-refractivity contribution is -0.136. The van der Waals surface area contributed by atoms with Crippen molar-refractivity contribution in [1.82, 2.24) is 10.2 Å². The van der Waals surface area contributed by atoms with Crippen LogP contribution in [0, 0.1) is 0 Å². The molecule has 1 heterocycles. The molecular weight excluding hydrogens is 476 g/mol. The van der Waals surface area contributed by atoms with E-state index in [0.29, 0.717) is 34.8 Å². The van der Waals surface area contributed by atoms with Crippen LogP contribution >= 0.6 is 15.9 Å². The topological polar surface area (TPSA) is 99.8 Å². The predicted molar refractivity (Wildman–Crippen MR) is 126 cm³/mol. The van der Waals surface area contributed by atoms with Crippen LogP contribution in [-0.2, 0) is 9.53 Å². The van der Waals surface area contributed by atoms with Gasteiger partial charge in [-0.3, -0.25) is 4.90 Å². The lowest BCUT2D eigenvalue weighted by atomic mass is 9.94. The van der Waals surface area contributed by atoms with Crippen LogP contribution in [0.4, 0.5) is 21.0 Å². The number of hydrogen-bond donors (Lipinski definition) is 3. The van der Waals surface area contributed by atoms with E-state index in [1.165, 1.54) is 7.11 Å². The molecule has 0 bridgehead atoms. The maximum Gasteiger partial charge on any atom is 0.337 e. The SMILES string of the molecule is CCCN1C(=O)NC(c2ccc(NC(=O)Nc3ccccc3Br)cc2)C(C(=O)OC)=C1C. The molecule has 2 aromatic carbocycles. The van der Waals surface area contributed by atoms with E-state index in [4.69, 9.17) is 4.74 Å². The highest BCUT2D eigenvalue weighted by molar-refractivity contribution is 9.10. The van der Waals surface area contributed by atoms with Gasteiger partial charge in [0.2, 0.25) is 0 Å². The molecule has 3 N–H and O–H groups in total. The van der Waals surface area contributed by atoms with Crippen molar-refractivity contribution in [3.05, 3.63) is 69.8 Å². The lowest BCUT2D eigenvalue weighted by Gasteiger charge is -2.35. The van der Waals surface area contributed by atoms with Gasteiger partial charge in [0.05, 0.1) is 24.4 Å². The van der Waals surface area contributed by atoms with Crippen molar-refractivity contribution in [3.8, 4) is 0 Å². The number of para-hydroxylation sites is 1. The van der Waals surface area contributed by atoms with Crippen LogP contribution in [0.25, 0.3) is 0 Å². The van der Waals surface area contributed by atoms with Crippen molar-refractivity contribution < 1.29 is 19.1 Å². The third kappa shape index (κ3) is 5.11. The van der Waals surface area contributed by atoms with Crippen molar-refractivity contribution in [3.63, 3.8) is 0 Å². The van der Waals surface area contributed by atoms with Crippen molar-refractivity contribution in [2.45, 2.75) is 26.3 Å². The fourth-order valence-electron chi connectivity index (χ4n) is 3.50. The number of urea groups is 2. The van der Waals surface area contributed by atoms with E-state index >= 15 is 0 Å². The van der Waals surface area contributed by atoms with Crippen molar-refractivity contribution in [2.75, 3.05) is 24.3 Å². The Morgan fingerprint density at radius 3 is 2.44 bits per heavy atom. The normalized spacial score (nSPS) is 15.8. The van der Waals surface area contributed by atoms with Gasteiger partial charge in [-0.25, -0.2) is 14.4 Å². The van der Waals surface area contributed by atoms with Crippen LogP contribution in [0.1, 0.15) is 31.9 Å². The number of nitrogens with one attached hydrogen (secondary N) is 3. The molecule has 168 valence electrons. The standard InChI is InChI=1S/C23H25BrN4O4/c1-4-13-28-14(2)19(21(29)32-3)20(27-23(28)31)15-9-11-16(12-10-15)25-22(30)26-18-8-6-5-7-17(18)24/h5-12,20H,4,13H2,1-3H3,(H,27,31)(H2,25,26,30). The average molecular weight is 501 g/mol. The Hall–Kier alpha value is -3.33. The highest BCUT2D eigenvalue weighted by Crippen LogP contribution is 2.32. The Bertz CT molecular complexity index is 1050. The van der Waals surface area contributed by atoms with Crippen molar-refractivity contribution >= 4 is 45.3 Å². The molecule has 0 saturated carbocycles. The first-order chi connectivity index (χ1) is 15.3. The molecule has 1 unspecified atom stereocenters. The first-order valence-corrected chi connectivity index (χ1v) is 10.9. The van der Waals surface area contributed by atoms with Gasteiger partial charge >= 0.3 is 18.0 Å². The smallest absolute Gasteiger partial charge is 0.337 e. The first kappa shape index (κ1) is 23.3. The summed E-state index contributed by atoms with van der Waals surface area (Å²) in [5, 5.41) is 8.42. The summed E-state index contributed by atoms with van der Waals surface area (Å²) in [6, 6.07) is 12.9. The van der Waals surface area contributed by atoms with Crippen molar-refractivity contribution in [2.24, 2.45) is 0 Å². The number of esters is 1. The Morgan fingerprint density at radius 2 is 1.81 bits per heavy atom. The zero-order chi connectivity index (χ0) is 23.3. The molecule has 0 fully saturated rings. The number of nitrogens with zero attached hydrogens (tertiary/aromatic N) is 1. The largest absolute Gasteiger partial charge is 0.466 e. The fourth-order valence-corrected chi connectivity index (χ4v) is 3.89. The second-order valence-corrected chi connectivity index (χ2v) is 8.06. The Balaban J connectivity index is 1.79. The number of carbonyl (C=O) groups is 3. The third-order valence-corrected chi connectivity index (χ3v) is 5.76. The predicted octanol–water partition coefficient (Wildman–Crippen LogP) is 5.02. The monoisotopic (exact) mass is 500 g/mol. The summed E-state index contributed by atoms with van der Waals surface area (Å²) in [7, 11) is 1.32. The molecule has 2 aromatic rings. The van der Waals surface area contributed by atoms with Gasteiger partial charge in [-0.2, -0.15) is 0 Å². The Kier molecular flexibility index (Phi) is 7.53. The van der Waals surface area contributed by atoms with Crippen LogP contribution in [0.15, 0.2) is 64.3 Å². The summed E-state index contributed by atoms with van der Waals surface area (Å²) in [5.41, 5.74) is 2.86. The van der Waals surface area contributed by atoms with E-state index < -0.39 is 18.0 Å². The minimum absolute atomic E-state index is 0.267. The highest BCUT2D eigenvalue weighted by atomic mass is 79.9. The number of benzene rings is 2. The maximum absolute atomic E-state index is 12.6. The average Bonchev–Trinajstić information content (AvgIpc) is 2.78. The van der Waals surface area contributed by atoms with Gasteiger partial charge < -0.3 is 20.7 Å². The van der Waals surface area contributed by atoms with Crippen LogP contribution in [-0.4, -0.2) is 36.6 Å². The Labute approximate surface area is 195 Å². The molecular formula is C23H25BrN4O4. The number of methoxy groups -OCH3 is 1. The van der Waals surface area contributed by atoms with E-state index in [1.807, 2.05) is 25.1 Å². The molecule has 0 spiro atoms. The van der Waals surface area contributed by atoms with Gasteiger partial charge in [0.25, 0.3) is 0 Å². The molecule has 4 amide bonds. The molecule has 0 aliphatic carbocycles. The molecule has 1 aliphatic rings. The number of halogens is 1. The number of hydrogen-bond acceptors (Lipinski definition) is 4. The van der Waals surface area contributed by atoms with Gasteiger partial charge in [-0.1, -0.05) is 31.2 Å². The maximum atomic E-state index is 12.6. The summed E-state index contributed by atoms with van der Waals surface area (Å²) in [6.45, 7) is 4.21. The van der Waals surface area contributed by atoms with Crippen LogP contribution in [0.2, 0.25) is 0 Å². The number of rotatable bonds is 6. The summed E-state index contributed by atoms with van der Waals surface area (Å²) < 4.78 is 5.74. The van der Waals surface area contributed by atoms with Gasteiger partial charge in [-0.15, -0.1) is 0 Å². The second-order valence-electron chi connectivity index (χ2n) is 7.21. The van der Waals surface area contributed by atoms with E-state index in [9.17, 15) is 14.4 Å². The van der Waals surface area contributed by atoms with Crippen molar-refractivity contribution in [1.29, 1.82) is 0 Å². The minimum atomic E-state index is -0.647. The molecule has 32 heavy (non-hydrogen) atoms. The molecule has 1 aliphatic heterocycles. The molecule has 0 radical (unpaired) electrons. The molecule has 8 nitrogen and oxygen atoms in total. The number of allylic oxidation sites excluding steroid dienone is 1. The van der Waals surface area contributed by atoms with Crippen LogP contribution in [0.5, 0.6) is 0 Å². The number of carbonyl (C=O) groups excluding carboxylic acids is 3. The summed E-state index contributed by atoms with van der Waals surface area (Å²) >= 11 is 3.39. The van der Waals surface area contributed by atoms with E-state index in [0.717, 1.165) is 10.9 Å². The second kappa shape index (κ2) is 10.3. The van der Waals surface area contributed by atoms with Crippen LogP contribution in [0.3, 0.4) is 0 Å². The lowest BCUT2D eigenvalue weighted by Crippen LogP contribution is -2.48. The number of amides is 4. The quantitative estimate of drug-likeness (QED) is 0.485. The van der Waals surface area contributed by atoms with E-state index in [-0.39, 0.29) is 6.03 Å². The zero-order valence-corrected chi connectivity index (χ0v) is 19.7. The molecule has 0 saturated heterocycles. The van der Waals surface area contributed by atoms with E-state index in [1.54, 1.807) is 42.2 Å². The minimum Gasteiger partial charge on any atom is -0.466 e. The highest BCUT2D eigenvalue weighted by Gasteiger charge is 2.35. The van der Waals surface area contributed by atoms with E-state index in [2.05, 4.69) is 31.9 Å². The summed E-state index contributed by atoms with van der Waals surface area (Å²) in [4.78, 5) is 39.0. The first-order valence-electron chi connectivity index (χ1n) is 10.1. The molecule has 1 atom stereocenters. The van der Waals surface area contributed by atoms with Gasteiger partial charge in [0, 0.05) is 22.4 Å². The zero-order valence-electron chi connectivity index (χ0n) is 18.1. The number of ether oxygens (including phenoxy) is 1. The molecule has 0 aromatic heterocycles. The Morgan fingerprint density at radius 1 is 1.12 bits per heavy atom.